The van der Waals surface area contributed by atoms with E-state index in [0.717, 1.165) is 0 Å². The van der Waals surface area contributed by atoms with Gasteiger partial charge in [-0.1, -0.05) is 36.4 Å². The van der Waals surface area contributed by atoms with Crippen LogP contribution in [0.15, 0.2) is 60.7 Å². The number of aromatic hydroxyl groups is 2. The van der Waals surface area contributed by atoms with Gasteiger partial charge in [0.05, 0.1) is 0 Å². The van der Waals surface area contributed by atoms with Crippen LogP contribution in [0.3, 0.4) is 0 Å². The van der Waals surface area contributed by atoms with Gasteiger partial charge >= 0.3 is 12.2 Å². The largest absolute Gasteiger partial charge is 0.508 e. The van der Waals surface area contributed by atoms with E-state index in [-0.39, 0.29) is 0 Å². The monoisotopic (exact) mass is 310 g/mol. The minimum atomic E-state index is -1.33. The van der Waals surface area contributed by atoms with Crippen molar-refractivity contribution in [2.75, 3.05) is 0 Å². The average Bonchev–Trinajstić information content (AvgIpc) is 2.40. The van der Waals surface area contributed by atoms with Crippen molar-refractivity contribution in [1.82, 2.24) is 0 Å². The van der Waals surface area contributed by atoms with Gasteiger partial charge in [-0.25, -0.2) is 9.59 Å². The lowest BCUT2D eigenvalue weighted by atomic mass is 10.3. The van der Waals surface area contributed by atoms with Crippen LogP contribution in [-0.2, 0) is 0 Å². The van der Waals surface area contributed by atoms with Crippen molar-refractivity contribution < 1.29 is 30.0 Å². The Bertz CT molecular complexity index is 462. The number of amides is 2. The molecule has 22 heavy (non-hydrogen) atoms. The molecule has 0 saturated carbocycles. The predicted molar refractivity (Wildman–Crippen MR) is 80.6 cm³/mol. The standard InChI is InChI=1S/2C6H6O.2CH3NO2/c2*7-6-4-2-1-3-5-6;2*2-1(3)4/h2*1-5,7H;2*2H2,(H,3,4). The van der Waals surface area contributed by atoms with Crippen molar-refractivity contribution in [2.45, 2.75) is 0 Å². The van der Waals surface area contributed by atoms with E-state index in [2.05, 4.69) is 11.5 Å². The first-order chi connectivity index (χ1) is 10.3. The molecular formula is C14H18N2O6. The SMILES string of the molecule is NC(=O)O.NC(=O)O.Oc1ccccc1.Oc1ccccc1. The number of phenols is 2. The molecule has 0 saturated heterocycles. The number of hydrogen-bond donors (Lipinski definition) is 6. The Morgan fingerprint density at radius 3 is 0.909 bits per heavy atom. The van der Waals surface area contributed by atoms with Crippen LogP contribution in [0.25, 0.3) is 0 Å². The molecule has 2 amide bonds. The number of primary amides is 2. The van der Waals surface area contributed by atoms with E-state index in [1.54, 1.807) is 48.5 Å². The lowest BCUT2D eigenvalue weighted by molar-refractivity contribution is 0.204. The molecule has 0 aliphatic rings. The zero-order valence-electron chi connectivity index (χ0n) is 11.5. The third-order valence-electron chi connectivity index (χ3n) is 1.51. The van der Waals surface area contributed by atoms with E-state index in [0.29, 0.717) is 11.5 Å². The maximum absolute atomic E-state index is 8.78. The van der Waals surface area contributed by atoms with Crippen molar-refractivity contribution >= 4 is 12.2 Å². The van der Waals surface area contributed by atoms with Gasteiger partial charge in [-0.15, -0.1) is 0 Å². The molecule has 0 aromatic heterocycles. The highest BCUT2D eigenvalue weighted by atomic mass is 16.4. The minimum Gasteiger partial charge on any atom is -0.508 e. The second-order valence-corrected chi connectivity index (χ2v) is 3.35. The quantitative estimate of drug-likeness (QED) is 0.435. The number of hydrogen-bond acceptors (Lipinski definition) is 4. The highest BCUT2D eigenvalue weighted by molar-refractivity contribution is 5.61. The van der Waals surface area contributed by atoms with Crippen LogP contribution in [0.2, 0.25) is 0 Å². The Morgan fingerprint density at radius 1 is 0.636 bits per heavy atom. The third kappa shape index (κ3) is 25.4. The summed E-state index contributed by atoms with van der Waals surface area (Å²) in [5.74, 6) is 0.644. The summed E-state index contributed by atoms with van der Waals surface area (Å²) < 4.78 is 0. The fourth-order valence-corrected chi connectivity index (χ4v) is 0.856. The molecule has 8 heteroatoms. The third-order valence-corrected chi connectivity index (χ3v) is 1.51. The van der Waals surface area contributed by atoms with E-state index >= 15 is 0 Å². The first kappa shape index (κ1) is 20.9. The highest BCUT2D eigenvalue weighted by Crippen LogP contribution is 2.03. The van der Waals surface area contributed by atoms with Gasteiger partial charge in [0.15, 0.2) is 0 Å². The zero-order chi connectivity index (χ0) is 17.4. The van der Waals surface area contributed by atoms with Crippen LogP contribution < -0.4 is 11.5 Å². The Labute approximate surface area is 126 Å². The van der Waals surface area contributed by atoms with Gasteiger partial charge in [-0.2, -0.15) is 0 Å². The number of nitrogens with two attached hydrogens (primary N) is 2. The number of rotatable bonds is 0. The Hall–Kier alpha value is -3.42. The normalized spacial score (nSPS) is 7.64. The van der Waals surface area contributed by atoms with Gasteiger partial charge in [-0.05, 0) is 24.3 Å². The molecular weight excluding hydrogens is 292 g/mol. The Morgan fingerprint density at radius 2 is 0.818 bits per heavy atom. The molecule has 8 nitrogen and oxygen atoms in total. The van der Waals surface area contributed by atoms with Crippen molar-refractivity contribution in [2.24, 2.45) is 11.5 Å². The first-order valence-electron chi connectivity index (χ1n) is 5.70. The van der Waals surface area contributed by atoms with Crippen LogP contribution in [0.4, 0.5) is 9.59 Å². The van der Waals surface area contributed by atoms with Crippen molar-refractivity contribution in [3.63, 3.8) is 0 Å². The number of carbonyl (C=O) groups is 2. The van der Waals surface area contributed by atoms with Gasteiger partial charge in [0.2, 0.25) is 0 Å². The lowest BCUT2D eigenvalue weighted by Crippen LogP contribution is -2.03. The molecule has 2 rings (SSSR count). The maximum atomic E-state index is 8.78. The first-order valence-corrected chi connectivity index (χ1v) is 5.70. The topological polar surface area (TPSA) is 167 Å². The summed E-state index contributed by atoms with van der Waals surface area (Å²) in [4.78, 5) is 17.6. The molecule has 0 fully saturated rings. The Kier molecular flexibility index (Phi) is 13.3. The van der Waals surface area contributed by atoms with Gasteiger partial charge < -0.3 is 31.9 Å². The molecule has 0 aliphatic carbocycles. The number of carboxylic acid groups (broad SMARTS) is 2. The van der Waals surface area contributed by atoms with Crippen LogP contribution in [0.1, 0.15) is 0 Å². The van der Waals surface area contributed by atoms with E-state index in [1.807, 2.05) is 12.1 Å². The number of para-hydroxylation sites is 2. The summed E-state index contributed by atoms with van der Waals surface area (Å²) in [7, 11) is 0. The highest BCUT2D eigenvalue weighted by Gasteiger charge is 1.75. The zero-order valence-corrected chi connectivity index (χ0v) is 11.5. The fraction of sp³-hybridized carbons (Fsp3) is 0. The molecule has 8 N–H and O–H groups in total. The molecule has 0 atom stereocenters. The molecule has 0 bridgehead atoms. The van der Waals surface area contributed by atoms with Crippen LogP contribution in [0.5, 0.6) is 11.5 Å². The second-order valence-electron chi connectivity index (χ2n) is 3.35. The molecule has 2 aromatic carbocycles. The number of phenolic OH excluding ortho intramolecular Hbond substituents is 2. The van der Waals surface area contributed by atoms with Gasteiger partial charge in [0.1, 0.15) is 11.5 Å². The molecule has 0 radical (unpaired) electrons. The van der Waals surface area contributed by atoms with Crippen LogP contribution in [0, 0.1) is 0 Å². The van der Waals surface area contributed by atoms with E-state index < -0.39 is 12.2 Å². The van der Waals surface area contributed by atoms with Gasteiger partial charge in [0, 0.05) is 0 Å². The van der Waals surface area contributed by atoms with E-state index in [1.165, 1.54) is 0 Å². The number of benzene rings is 2. The minimum absolute atomic E-state index is 0.322. The predicted octanol–water partition coefficient (Wildman–Crippen LogP) is 2.03. The van der Waals surface area contributed by atoms with Crippen molar-refractivity contribution in [3.8, 4) is 11.5 Å². The molecule has 0 aliphatic heterocycles. The summed E-state index contributed by atoms with van der Waals surface area (Å²) in [6.45, 7) is 0. The van der Waals surface area contributed by atoms with Crippen LogP contribution in [-0.4, -0.2) is 32.6 Å². The van der Waals surface area contributed by atoms with Crippen molar-refractivity contribution in [1.29, 1.82) is 0 Å². The molecule has 0 spiro atoms. The van der Waals surface area contributed by atoms with E-state index in [9.17, 15) is 0 Å². The molecule has 120 valence electrons. The summed E-state index contributed by atoms with van der Waals surface area (Å²) in [6.07, 6.45) is -2.67. The summed E-state index contributed by atoms with van der Waals surface area (Å²) in [6, 6.07) is 17.4. The lowest BCUT2D eigenvalue weighted by Gasteiger charge is -1.82. The maximum Gasteiger partial charge on any atom is 0.402 e. The summed E-state index contributed by atoms with van der Waals surface area (Å²) in [5, 5.41) is 31.7. The van der Waals surface area contributed by atoms with Crippen molar-refractivity contribution in [3.05, 3.63) is 60.7 Å². The summed E-state index contributed by atoms with van der Waals surface area (Å²) >= 11 is 0. The van der Waals surface area contributed by atoms with Gasteiger partial charge in [0.25, 0.3) is 0 Å². The van der Waals surface area contributed by atoms with Gasteiger partial charge in [-0.3, -0.25) is 0 Å². The Balaban J connectivity index is 0. The molecule has 2 aromatic rings. The average molecular weight is 310 g/mol. The smallest absolute Gasteiger partial charge is 0.402 e. The fourth-order valence-electron chi connectivity index (χ4n) is 0.856. The molecule has 0 heterocycles. The molecule has 0 unspecified atom stereocenters. The second kappa shape index (κ2) is 14.0. The summed E-state index contributed by atoms with van der Waals surface area (Å²) in [5.41, 5.74) is 8.06. The van der Waals surface area contributed by atoms with E-state index in [4.69, 9.17) is 30.0 Å². The van der Waals surface area contributed by atoms with Crippen LogP contribution >= 0.6 is 0 Å².